The molecule has 0 radical (unpaired) electrons. The first-order chi connectivity index (χ1) is 30.3. The van der Waals surface area contributed by atoms with Crippen LogP contribution < -0.4 is 4.90 Å². The van der Waals surface area contributed by atoms with Gasteiger partial charge in [0.15, 0.2) is 0 Å². The predicted octanol–water partition coefficient (Wildman–Crippen LogP) is 16.3. The van der Waals surface area contributed by atoms with Crippen LogP contribution in [0.4, 0.5) is 17.1 Å². The minimum Gasteiger partial charge on any atom is -0.455 e. The van der Waals surface area contributed by atoms with Crippen molar-refractivity contribution < 1.29 is 4.42 Å². The highest BCUT2D eigenvalue weighted by Gasteiger charge is 2.22. The van der Waals surface area contributed by atoms with E-state index in [0.717, 1.165) is 66.9 Å². The average Bonchev–Trinajstić information content (AvgIpc) is 3.88. The molecule has 61 heavy (non-hydrogen) atoms. The molecule has 2 aromatic heterocycles. The van der Waals surface area contributed by atoms with Gasteiger partial charge < -0.3 is 13.9 Å². The van der Waals surface area contributed by atoms with Crippen molar-refractivity contribution in [3.05, 3.63) is 231 Å². The zero-order valence-electron chi connectivity index (χ0n) is 33.2. The fourth-order valence-electron chi connectivity index (χ4n) is 9.44. The van der Waals surface area contributed by atoms with Crippen molar-refractivity contribution in [1.82, 2.24) is 4.57 Å². The van der Waals surface area contributed by atoms with Crippen molar-refractivity contribution in [1.29, 1.82) is 0 Å². The van der Waals surface area contributed by atoms with E-state index in [0.29, 0.717) is 0 Å². The number of hydrogen-bond donors (Lipinski definition) is 0. The monoisotopic (exact) mass is 778 g/mol. The Morgan fingerprint density at radius 2 is 0.885 bits per heavy atom. The van der Waals surface area contributed by atoms with Crippen molar-refractivity contribution in [2.45, 2.75) is 0 Å². The number of rotatable bonds is 7. The van der Waals surface area contributed by atoms with Gasteiger partial charge in [-0.2, -0.15) is 0 Å². The summed E-state index contributed by atoms with van der Waals surface area (Å²) in [7, 11) is 0. The summed E-state index contributed by atoms with van der Waals surface area (Å²) < 4.78 is 8.90. The second-order valence-electron chi connectivity index (χ2n) is 15.6. The molecule has 10 aromatic carbocycles. The van der Waals surface area contributed by atoms with E-state index in [1.807, 2.05) is 12.1 Å². The highest BCUT2D eigenvalue weighted by atomic mass is 16.3. The van der Waals surface area contributed by atoms with Crippen LogP contribution >= 0.6 is 0 Å². The van der Waals surface area contributed by atoms with E-state index in [4.69, 9.17) is 4.42 Å². The maximum Gasteiger partial charge on any atom is 0.143 e. The fourth-order valence-corrected chi connectivity index (χ4v) is 9.44. The van der Waals surface area contributed by atoms with Crippen LogP contribution in [0.2, 0.25) is 0 Å². The van der Waals surface area contributed by atoms with Crippen molar-refractivity contribution in [3.8, 4) is 39.1 Å². The standard InChI is InChI=1S/C58H38N2O/c1-2-17-41-38-43(37-32-39(41)16-1)59(42-35-33-40(34-36-42)44-25-15-26-52-51-24-9-14-31-57(51)61-58(44)52)53-27-10-5-20-47(53)45-18-3-4-19-46(45)48-21-6-11-28-54(48)60-55-29-12-7-22-49(55)50-23-8-13-30-56(50)60/h1-38H. The summed E-state index contributed by atoms with van der Waals surface area (Å²) in [6.07, 6.45) is 0. The molecular weight excluding hydrogens is 741 g/mol. The minimum absolute atomic E-state index is 0.902. The molecule has 0 N–H and O–H groups in total. The Hall–Kier alpha value is -8.14. The first-order valence-corrected chi connectivity index (χ1v) is 20.8. The lowest BCUT2D eigenvalue weighted by molar-refractivity contribution is 0.670. The Kier molecular flexibility index (Phi) is 8.17. The summed E-state index contributed by atoms with van der Waals surface area (Å²) >= 11 is 0. The molecule has 2 heterocycles. The van der Waals surface area contributed by atoms with Gasteiger partial charge in [-0.1, -0.05) is 176 Å². The molecule has 0 fully saturated rings. The highest BCUT2D eigenvalue weighted by molar-refractivity contribution is 6.11. The number of aromatic nitrogens is 1. The second kappa shape index (κ2) is 14.3. The smallest absolute Gasteiger partial charge is 0.143 e. The number of hydrogen-bond acceptors (Lipinski definition) is 2. The molecule has 0 amide bonds. The maximum absolute atomic E-state index is 6.47. The molecule has 3 heteroatoms. The molecule has 12 rings (SSSR count). The molecule has 0 aliphatic rings. The lowest BCUT2D eigenvalue weighted by atomic mass is 9.92. The third-order valence-corrected chi connectivity index (χ3v) is 12.2. The molecule has 0 atom stereocenters. The van der Waals surface area contributed by atoms with Crippen molar-refractivity contribution >= 4 is 71.6 Å². The average molecular weight is 779 g/mol. The Balaban J connectivity index is 1.04. The number of furan rings is 1. The van der Waals surface area contributed by atoms with Gasteiger partial charge in [-0.3, -0.25) is 0 Å². The van der Waals surface area contributed by atoms with Crippen molar-refractivity contribution in [2.24, 2.45) is 0 Å². The SMILES string of the molecule is c1ccc(-c2ccccc2-n2c3ccccc3c3ccccc32)c(-c2ccccc2N(c2ccc(-c3cccc4c3oc3ccccc34)cc2)c2ccc3ccccc3c2)c1. The Bertz CT molecular complexity index is 3560. The van der Waals surface area contributed by atoms with Gasteiger partial charge in [-0.25, -0.2) is 0 Å². The van der Waals surface area contributed by atoms with Gasteiger partial charge in [0, 0.05) is 49.6 Å². The predicted molar refractivity (Wildman–Crippen MR) is 257 cm³/mol. The quantitative estimate of drug-likeness (QED) is 0.161. The number of fused-ring (bicyclic) bond motifs is 7. The third-order valence-electron chi connectivity index (χ3n) is 12.2. The zero-order valence-corrected chi connectivity index (χ0v) is 33.2. The van der Waals surface area contributed by atoms with Crippen molar-refractivity contribution in [3.63, 3.8) is 0 Å². The van der Waals surface area contributed by atoms with Crippen LogP contribution in [0, 0.1) is 0 Å². The molecule has 0 saturated carbocycles. The van der Waals surface area contributed by atoms with Gasteiger partial charge in [0.05, 0.1) is 22.4 Å². The summed E-state index contributed by atoms with van der Waals surface area (Å²) in [5.74, 6) is 0. The number of para-hydroxylation sites is 6. The summed E-state index contributed by atoms with van der Waals surface area (Å²) in [4.78, 5) is 2.41. The van der Waals surface area contributed by atoms with E-state index >= 15 is 0 Å². The second-order valence-corrected chi connectivity index (χ2v) is 15.6. The molecule has 0 saturated heterocycles. The normalized spacial score (nSPS) is 11.6. The van der Waals surface area contributed by atoms with Crippen LogP contribution in [-0.4, -0.2) is 4.57 Å². The molecule has 286 valence electrons. The Morgan fingerprint density at radius 1 is 0.344 bits per heavy atom. The number of benzene rings is 10. The summed E-state index contributed by atoms with van der Waals surface area (Å²) in [6.45, 7) is 0. The first-order valence-electron chi connectivity index (χ1n) is 20.8. The molecule has 0 aliphatic carbocycles. The minimum atomic E-state index is 0.902. The molecule has 12 aromatic rings. The lowest BCUT2D eigenvalue weighted by Gasteiger charge is -2.29. The highest BCUT2D eigenvalue weighted by Crippen LogP contribution is 2.46. The topological polar surface area (TPSA) is 21.3 Å². The van der Waals surface area contributed by atoms with Gasteiger partial charge in [-0.05, 0) is 82.1 Å². The Labute approximate surface area is 353 Å². The van der Waals surface area contributed by atoms with Gasteiger partial charge in [0.2, 0.25) is 0 Å². The van der Waals surface area contributed by atoms with E-state index in [1.54, 1.807) is 0 Å². The lowest BCUT2D eigenvalue weighted by Crippen LogP contribution is -2.11. The molecule has 3 nitrogen and oxygen atoms in total. The fraction of sp³-hybridized carbons (Fsp3) is 0. The van der Waals surface area contributed by atoms with Crippen LogP contribution in [0.25, 0.3) is 93.6 Å². The molecule has 0 aliphatic heterocycles. The largest absolute Gasteiger partial charge is 0.455 e. The van der Waals surface area contributed by atoms with Crippen molar-refractivity contribution in [2.75, 3.05) is 4.90 Å². The summed E-state index contributed by atoms with van der Waals surface area (Å²) in [5.41, 5.74) is 15.4. The Morgan fingerprint density at radius 3 is 1.66 bits per heavy atom. The van der Waals surface area contributed by atoms with E-state index in [-0.39, 0.29) is 0 Å². The van der Waals surface area contributed by atoms with E-state index in [1.165, 1.54) is 43.7 Å². The third kappa shape index (κ3) is 5.74. The van der Waals surface area contributed by atoms with Gasteiger partial charge >= 0.3 is 0 Å². The van der Waals surface area contributed by atoms with Crippen LogP contribution in [0.5, 0.6) is 0 Å². The number of anilines is 3. The molecular formula is C58H38N2O. The molecule has 0 spiro atoms. The van der Waals surface area contributed by atoms with Gasteiger partial charge in [0.25, 0.3) is 0 Å². The summed E-state index contributed by atoms with van der Waals surface area (Å²) in [5, 5.41) is 7.16. The zero-order chi connectivity index (χ0) is 40.3. The molecule has 0 bridgehead atoms. The van der Waals surface area contributed by atoms with E-state index in [9.17, 15) is 0 Å². The van der Waals surface area contributed by atoms with Crippen LogP contribution in [0.1, 0.15) is 0 Å². The first kappa shape index (κ1) is 34.9. The summed E-state index contributed by atoms with van der Waals surface area (Å²) in [6, 6.07) is 83.0. The van der Waals surface area contributed by atoms with Crippen LogP contribution in [-0.2, 0) is 0 Å². The van der Waals surface area contributed by atoms with Crippen LogP contribution in [0.15, 0.2) is 235 Å². The maximum atomic E-state index is 6.47. The number of nitrogens with zero attached hydrogens (tertiary/aromatic N) is 2. The van der Waals surface area contributed by atoms with E-state index in [2.05, 4.69) is 228 Å². The van der Waals surface area contributed by atoms with Gasteiger partial charge in [0.1, 0.15) is 11.2 Å². The van der Waals surface area contributed by atoms with E-state index < -0.39 is 0 Å². The molecule has 0 unspecified atom stereocenters. The van der Waals surface area contributed by atoms with Crippen LogP contribution in [0.3, 0.4) is 0 Å². The van der Waals surface area contributed by atoms with Gasteiger partial charge in [-0.15, -0.1) is 0 Å².